The molecule has 23 heavy (non-hydrogen) atoms. The van der Waals surface area contributed by atoms with E-state index in [1.165, 1.54) is 18.2 Å². The van der Waals surface area contributed by atoms with E-state index in [0.717, 1.165) is 5.52 Å². The topological polar surface area (TPSA) is 55.1 Å². The zero-order valence-electron chi connectivity index (χ0n) is 12.3. The number of amides is 1. The van der Waals surface area contributed by atoms with E-state index < -0.39 is 0 Å². The van der Waals surface area contributed by atoms with Gasteiger partial charge in [-0.15, -0.1) is 0 Å². The summed E-state index contributed by atoms with van der Waals surface area (Å²) in [5.74, 6) is -0.164. The summed E-state index contributed by atoms with van der Waals surface area (Å²) in [6.07, 6.45) is 3.31. The molecule has 2 aromatic carbocycles. The van der Waals surface area contributed by atoms with Crippen molar-refractivity contribution in [3.63, 3.8) is 0 Å². The SMILES string of the molecule is O=C(/C=C/c1nc2ccccc2o1)NCCc1ccccc1F. The molecular weight excluding hydrogens is 295 g/mol. The van der Waals surface area contributed by atoms with Crippen molar-refractivity contribution in [3.05, 3.63) is 71.9 Å². The summed E-state index contributed by atoms with van der Waals surface area (Å²) in [5, 5.41) is 2.70. The highest BCUT2D eigenvalue weighted by molar-refractivity contribution is 5.91. The summed E-state index contributed by atoms with van der Waals surface area (Å²) in [4.78, 5) is 16.0. The fourth-order valence-electron chi connectivity index (χ4n) is 2.19. The first kappa shape index (κ1) is 15.0. The van der Waals surface area contributed by atoms with Gasteiger partial charge < -0.3 is 9.73 Å². The molecule has 0 bridgehead atoms. The van der Waals surface area contributed by atoms with E-state index in [9.17, 15) is 9.18 Å². The molecule has 0 spiro atoms. The van der Waals surface area contributed by atoms with Crippen molar-refractivity contribution < 1.29 is 13.6 Å². The van der Waals surface area contributed by atoms with Crippen LogP contribution in [0.5, 0.6) is 0 Å². The standard InChI is InChI=1S/C18H15FN2O2/c19-14-6-2-1-5-13(14)11-12-20-17(22)9-10-18-21-15-7-3-4-8-16(15)23-18/h1-10H,11-12H2,(H,20,22)/b10-9+. The van der Waals surface area contributed by atoms with Gasteiger partial charge in [-0.05, 0) is 30.2 Å². The first-order valence-corrected chi connectivity index (χ1v) is 7.27. The normalized spacial score (nSPS) is 11.2. The van der Waals surface area contributed by atoms with Crippen molar-refractivity contribution in [2.75, 3.05) is 6.54 Å². The molecule has 1 N–H and O–H groups in total. The molecule has 0 aliphatic rings. The molecule has 0 atom stereocenters. The Bertz CT molecular complexity index is 822. The number of carbonyl (C=O) groups is 1. The van der Waals surface area contributed by atoms with Crippen LogP contribution in [0, 0.1) is 5.82 Å². The van der Waals surface area contributed by atoms with Crippen LogP contribution in [0.2, 0.25) is 0 Å². The van der Waals surface area contributed by atoms with E-state index in [-0.39, 0.29) is 11.7 Å². The van der Waals surface area contributed by atoms with Crippen LogP contribution in [-0.2, 0) is 11.2 Å². The van der Waals surface area contributed by atoms with Gasteiger partial charge in [-0.2, -0.15) is 0 Å². The average molecular weight is 310 g/mol. The van der Waals surface area contributed by atoms with E-state index in [4.69, 9.17) is 4.42 Å². The van der Waals surface area contributed by atoms with Crippen LogP contribution in [0.15, 0.2) is 59.0 Å². The Hall–Kier alpha value is -2.95. The third kappa shape index (κ3) is 3.83. The quantitative estimate of drug-likeness (QED) is 0.735. The Morgan fingerprint density at radius 1 is 1.17 bits per heavy atom. The molecular formula is C18H15FN2O2. The summed E-state index contributed by atoms with van der Waals surface area (Å²) >= 11 is 0. The summed E-state index contributed by atoms with van der Waals surface area (Å²) in [5.41, 5.74) is 2.00. The highest BCUT2D eigenvalue weighted by Gasteiger charge is 2.03. The Balaban J connectivity index is 1.53. The van der Waals surface area contributed by atoms with Crippen molar-refractivity contribution in [3.8, 4) is 0 Å². The lowest BCUT2D eigenvalue weighted by Crippen LogP contribution is -2.23. The third-order valence-corrected chi connectivity index (χ3v) is 3.34. The predicted molar refractivity (Wildman–Crippen MR) is 86.2 cm³/mol. The highest BCUT2D eigenvalue weighted by atomic mass is 19.1. The summed E-state index contributed by atoms with van der Waals surface area (Å²) in [6.45, 7) is 0.359. The number of hydrogen-bond donors (Lipinski definition) is 1. The minimum Gasteiger partial charge on any atom is -0.437 e. The Morgan fingerprint density at radius 2 is 1.96 bits per heavy atom. The number of oxazole rings is 1. The minimum absolute atomic E-state index is 0.260. The fourth-order valence-corrected chi connectivity index (χ4v) is 2.19. The zero-order chi connectivity index (χ0) is 16.1. The average Bonchev–Trinajstić information content (AvgIpc) is 2.98. The molecule has 0 saturated carbocycles. The second-order valence-electron chi connectivity index (χ2n) is 4.99. The van der Waals surface area contributed by atoms with Crippen molar-refractivity contribution >= 4 is 23.1 Å². The van der Waals surface area contributed by atoms with Crippen LogP contribution < -0.4 is 5.32 Å². The third-order valence-electron chi connectivity index (χ3n) is 3.34. The molecule has 1 amide bonds. The lowest BCUT2D eigenvalue weighted by Gasteiger charge is -2.03. The van der Waals surface area contributed by atoms with E-state index in [2.05, 4.69) is 10.3 Å². The van der Waals surface area contributed by atoms with Crippen LogP contribution >= 0.6 is 0 Å². The lowest BCUT2D eigenvalue weighted by atomic mass is 10.1. The van der Waals surface area contributed by atoms with E-state index in [0.29, 0.717) is 30.0 Å². The molecule has 5 heteroatoms. The number of fused-ring (bicyclic) bond motifs is 1. The number of carbonyl (C=O) groups excluding carboxylic acids is 1. The smallest absolute Gasteiger partial charge is 0.244 e. The van der Waals surface area contributed by atoms with Crippen LogP contribution in [0.3, 0.4) is 0 Å². The first-order valence-electron chi connectivity index (χ1n) is 7.27. The van der Waals surface area contributed by atoms with E-state index in [1.807, 2.05) is 24.3 Å². The molecule has 0 unspecified atom stereocenters. The van der Waals surface area contributed by atoms with Crippen molar-refractivity contribution in [1.82, 2.24) is 10.3 Å². The van der Waals surface area contributed by atoms with Gasteiger partial charge in [-0.1, -0.05) is 30.3 Å². The van der Waals surface area contributed by atoms with Crippen molar-refractivity contribution in [2.45, 2.75) is 6.42 Å². The fraction of sp³-hybridized carbons (Fsp3) is 0.111. The molecule has 0 aliphatic carbocycles. The second kappa shape index (κ2) is 6.87. The maximum atomic E-state index is 13.4. The van der Waals surface area contributed by atoms with Gasteiger partial charge in [0.25, 0.3) is 0 Å². The van der Waals surface area contributed by atoms with Gasteiger partial charge in [0.05, 0.1) is 0 Å². The number of aromatic nitrogens is 1. The maximum Gasteiger partial charge on any atom is 0.244 e. The van der Waals surface area contributed by atoms with Gasteiger partial charge in [0, 0.05) is 18.7 Å². The van der Waals surface area contributed by atoms with Gasteiger partial charge in [0.15, 0.2) is 5.58 Å². The van der Waals surface area contributed by atoms with Gasteiger partial charge >= 0.3 is 0 Å². The summed E-state index contributed by atoms with van der Waals surface area (Å²) < 4.78 is 18.9. The number of rotatable bonds is 5. The molecule has 4 nitrogen and oxygen atoms in total. The second-order valence-corrected chi connectivity index (χ2v) is 4.99. The highest BCUT2D eigenvalue weighted by Crippen LogP contribution is 2.15. The Labute approximate surface area is 132 Å². The number of para-hydroxylation sites is 2. The van der Waals surface area contributed by atoms with Gasteiger partial charge in [-0.3, -0.25) is 4.79 Å². The Kier molecular flexibility index (Phi) is 4.47. The minimum atomic E-state index is -0.274. The van der Waals surface area contributed by atoms with E-state index in [1.54, 1.807) is 18.2 Å². The van der Waals surface area contributed by atoms with Gasteiger partial charge in [0.2, 0.25) is 11.8 Å². The van der Waals surface area contributed by atoms with Crippen LogP contribution in [0.4, 0.5) is 4.39 Å². The van der Waals surface area contributed by atoms with Gasteiger partial charge in [0.1, 0.15) is 11.3 Å². The van der Waals surface area contributed by atoms with E-state index >= 15 is 0 Å². The molecule has 1 heterocycles. The summed E-state index contributed by atoms with van der Waals surface area (Å²) in [7, 11) is 0. The molecule has 0 aliphatic heterocycles. The molecule has 0 fully saturated rings. The van der Waals surface area contributed by atoms with Crippen LogP contribution in [0.1, 0.15) is 11.5 Å². The first-order chi connectivity index (χ1) is 11.2. The molecule has 116 valence electrons. The molecule has 1 aromatic heterocycles. The lowest BCUT2D eigenvalue weighted by molar-refractivity contribution is -0.116. The number of benzene rings is 2. The molecule has 0 radical (unpaired) electrons. The Morgan fingerprint density at radius 3 is 2.78 bits per heavy atom. The largest absolute Gasteiger partial charge is 0.437 e. The maximum absolute atomic E-state index is 13.4. The predicted octanol–water partition coefficient (Wildman–Crippen LogP) is 3.34. The van der Waals surface area contributed by atoms with Crippen molar-refractivity contribution in [2.24, 2.45) is 0 Å². The van der Waals surface area contributed by atoms with Crippen molar-refractivity contribution in [1.29, 1.82) is 0 Å². The molecule has 3 aromatic rings. The number of nitrogens with one attached hydrogen (secondary N) is 1. The van der Waals surface area contributed by atoms with Gasteiger partial charge in [-0.25, -0.2) is 9.37 Å². The number of hydrogen-bond acceptors (Lipinski definition) is 3. The summed E-state index contributed by atoms with van der Waals surface area (Å²) in [6, 6.07) is 13.9. The van der Waals surface area contributed by atoms with Crippen LogP contribution in [-0.4, -0.2) is 17.4 Å². The number of nitrogens with zero attached hydrogens (tertiary/aromatic N) is 1. The van der Waals surface area contributed by atoms with Crippen LogP contribution in [0.25, 0.3) is 17.2 Å². The zero-order valence-corrected chi connectivity index (χ0v) is 12.3. The molecule has 0 saturated heterocycles. The monoisotopic (exact) mass is 310 g/mol. The number of halogens is 1. The molecule has 3 rings (SSSR count).